The molecule has 1 aliphatic rings. The quantitative estimate of drug-likeness (QED) is 0.872. The van der Waals surface area contributed by atoms with Gasteiger partial charge in [-0.05, 0) is 30.7 Å². The van der Waals surface area contributed by atoms with Crippen molar-refractivity contribution in [3.63, 3.8) is 0 Å². The van der Waals surface area contributed by atoms with E-state index in [1.165, 1.54) is 19.2 Å². The maximum Gasteiger partial charge on any atom is 0.393 e. The van der Waals surface area contributed by atoms with Crippen LogP contribution in [0.1, 0.15) is 12.8 Å². The topological polar surface area (TPSA) is 49.8 Å². The Hall–Kier alpha value is -1.92. The van der Waals surface area contributed by atoms with E-state index >= 15 is 0 Å². The van der Waals surface area contributed by atoms with Crippen LogP contribution in [-0.2, 0) is 9.53 Å². The molecule has 1 aromatic rings. The first-order valence-electron chi connectivity index (χ1n) is 6.50. The van der Waals surface area contributed by atoms with Crippen molar-refractivity contribution in [3.05, 3.63) is 24.3 Å². The van der Waals surface area contributed by atoms with Gasteiger partial charge in [-0.15, -0.1) is 0 Å². The first kappa shape index (κ1) is 15.5. The molecule has 0 radical (unpaired) electrons. The van der Waals surface area contributed by atoms with E-state index in [0.29, 0.717) is 5.69 Å². The summed E-state index contributed by atoms with van der Waals surface area (Å²) in [4.78, 5) is 12.9. The Kier molecular flexibility index (Phi) is 4.29. The highest BCUT2D eigenvalue weighted by Gasteiger charge is 2.47. The highest BCUT2D eigenvalue weighted by molar-refractivity contribution is 5.71. The van der Waals surface area contributed by atoms with Crippen LogP contribution in [0.25, 0.3) is 0 Å². The summed E-state index contributed by atoms with van der Waals surface area (Å²) in [5.41, 5.74) is 0.549. The Morgan fingerprint density at radius 2 is 2.00 bits per heavy atom. The van der Waals surface area contributed by atoms with Gasteiger partial charge < -0.3 is 14.7 Å². The number of hydrogen-bond donors (Lipinski definition) is 1. The van der Waals surface area contributed by atoms with Crippen LogP contribution in [-0.4, -0.2) is 36.9 Å². The summed E-state index contributed by atoms with van der Waals surface area (Å²) in [5.74, 6) is -1.97. The Morgan fingerprint density at radius 3 is 2.52 bits per heavy atom. The van der Waals surface area contributed by atoms with Gasteiger partial charge in [-0.25, -0.2) is 0 Å². The average Bonchev–Trinajstić information content (AvgIpc) is 2.83. The lowest BCUT2D eigenvalue weighted by Crippen LogP contribution is -2.32. The summed E-state index contributed by atoms with van der Waals surface area (Å²) in [6.07, 6.45) is -4.52. The molecule has 0 aliphatic carbocycles. The van der Waals surface area contributed by atoms with E-state index in [0.717, 1.165) is 0 Å². The summed E-state index contributed by atoms with van der Waals surface area (Å²) in [6, 6.07) is 5.33. The number of nitrogens with zero attached hydrogens (tertiary/aromatic N) is 1. The normalized spacial score (nSPS) is 22.4. The molecule has 0 aromatic heterocycles. The zero-order valence-corrected chi connectivity index (χ0v) is 11.4. The minimum Gasteiger partial charge on any atom is -0.508 e. The van der Waals surface area contributed by atoms with Gasteiger partial charge in [-0.3, -0.25) is 4.79 Å². The van der Waals surface area contributed by atoms with E-state index in [1.807, 2.05) is 0 Å². The molecule has 1 fully saturated rings. The number of benzene rings is 1. The van der Waals surface area contributed by atoms with Gasteiger partial charge in [0.1, 0.15) is 5.75 Å². The summed E-state index contributed by atoms with van der Waals surface area (Å²) in [5, 5.41) is 9.26. The monoisotopic (exact) mass is 303 g/mol. The molecular formula is C14H16F3NO3. The summed E-state index contributed by atoms with van der Waals surface area (Å²) in [7, 11) is 1.21. The number of rotatable bonds is 3. The first-order valence-corrected chi connectivity index (χ1v) is 6.50. The standard InChI is InChI=1S/C14H16F3NO3/c1-21-13(20)7-11-6-9(14(15,16)17)8-18(11)10-2-4-12(19)5-3-10/h2-5,9,11,19H,6-8H2,1H3/t9-,11-/m1/s1. The van der Waals surface area contributed by atoms with Gasteiger partial charge >= 0.3 is 12.1 Å². The minimum atomic E-state index is -4.29. The van der Waals surface area contributed by atoms with E-state index in [9.17, 15) is 23.1 Å². The first-order chi connectivity index (χ1) is 9.81. The molecule has 1 heterocycles. The Morgan fingerprint density at radius 1 is 1.38 bits per heavy atom. The molecule has 2 atom stereocenters. The van der Waals surface area contributed by atoms with E-state index < -0.39 is 24.1 Å². The minimum absolute atomic E-state index is 0.0369. The molecule has 0 bridgehead atoms. The molecule has 0 unspecified atom stereocenters. The number of esters is 1. The lowest BCUT2D eigenvalue weighted by molar-refractivity contribution is -0.169. The number of alkyl halides is 3. The highest BCUT2D eigenvalue weighted by Crippen LogP contribution is 2.40. The third-order valence-electron chi connectivity index (χ3n) is 3.69. The molecule has 1 aliphatic heterocycles. The van der Waals surface area contributed by atoms with Gasteiger partial charge in [0.15, 0.2) is 0 Å². The SMILES string of the molecule is COC(=O)C[C@H]1C[C@@H](C(F)(F)F)CN1c1ccc(O)cc1. The number of hydrogen-bond acceptors (Lipinski definition) is 4. The Labute approximate surface area is 120 Å². The summed E-state index contributed by atoms with van der Waals surface area (Å²) < 4.78 is 43.3. The third kappa shape index (κ3) is 3.59. The fraction of sp³-hybridized carbons (Fsp3) is 0.500. The van der Waals surface area contributed by atoms with Crippen LogP contribution in [0.15, 0.2) is 24.3 Å². The van der Waals surface area contributed by atoms with Gasteiger partial charge in [0.25, 0.3) is 0 Å². The summed E-state index contributed by atoms with van der Waals surface area (Å²) in [6.45, 7) is -0.198. The maximum atomic E-state index is 12.9. The number of phenols is 1. The molecule has 7 heteroatoms. The second-order valence-corrected chi connectivity index (χ2v) is 5.08. The second kappa shape index (κ2) is 5.83. The molecule has 2 rings (SSSR count). The van der Waals surface area contributed by atoms with Crippen molar-refractivity contribution in [2.75, 3.05) is 18.6 Å². The molecule has 21 heavy (non-hydrogen) atoms. The predicted octanol–water partition coefficient (Wildman–Crippen LogP) is 2.71. The van der Waals surface area contributed by atoms with E-state index in [2.05, 4.69) is 4.74 Å². The number of halogens is 3. The molecular weight excluding hydrogens is 287 g/mol. The van der Waals surface area contributed by atoms with Gasteiger partial charge in [0.05, 0.1) is 19.4 Å². The number of ether oxygens (including phenoxy) is 1. The number of carbonyl (C=O) groups excluding carboxylic acids is 1. The van der Waals surface area contributed by atoms with Crippen molar-refractivity contribution in [2.45, 2.75) is 25.1 Å². The number of methoxy groups -OCH3 is 1. The van der Waals surface area contributed by atoms with Crippen molar-refractivity contribution >= 4 is 11.7 Å². The third-order valence-corrected chi connectivity index (χ3v) is 3.69. The van der Waals surface area contributed by atoms with Crippen molar-refractivity contribution < 1.29 is 27.8 Å². The second-order valence-electron chi connectivity index (χ2n) is 5.08. The van der Waals surface area contributed by atoms with Crippen LogP contribution in [0.3, 0.4) is 0 Å². The lowest BCUT2D eigenvalue weighted by Gasteiger charge is -2.26. The molecule has 0 saturated carbocycles. The molecule has 116 valence electrons. The molecule has 4 nitrogen and oxygen atoms in total. The van der Waals surface area contributed by atoms with Crippen LogP contribution in [0, 0.1) is 5.92 Å². The fourth-order valence-corrected chi connectivity index (χ4v) is 2.58. The van der Waals surface area contributed by atoms with Gasteiger partial charge in [-0.1, -0.05) is 0 Å². The van der Waals surface area contributed by atoms with Crippen LogP contribution < -0.4 is 4.90 Å². The van der Waals surface area contributed by atoms with Crippen molar-refractivity contribution in [2.24, 2.45) is 5.92 Å². The van der Waals surface area contributed by atoms with Crippen LogP contribution >= 0.6 is 0 Å². The van der Waals surface area contributed by atoms with Gasteiger partial charge in [-0.2, -0.15) is 13.2 Å². The molecule has 1 N–H and O–H groups in total. The zero-order chi connectivity index (χ0) is 15.6. The van der Waals surface area contributed by atoms with Crippen LogP contribution in [0.5, 0.6) is 5.75 Å². The van der Waals surface area contributed by atoms with Crippen molar-refractivity contribution in [1.82, 2.24) is 0 Å². The van der Waals surface area contributed by atoms with E-state index in [4.69, 9.17) is 0 Å². The van der Waals surface area contributed by atoms with E-state index in [-0.39, 0.29) is 25.1 Å². The highest BCUT2D eigenvalue weighted by atomic mass is 19.4. The fourth-order valence-electron chi connectivity index (χ4n) is 2.58. The van der Waals surface area contributed by atoms with E-state index in [1.54, 1.807) is 17.0 Å². The number of anilines is 1. The molecule has 1 aromatic carbocycles. The molecule has 0 amide bonds. The lowest BCUT2D eigenvalue weighted by atomic mass is 10.0. The Bertz CT molecular complexity index is 501. The van der Waals surface area contributed by atoms with Crippen LogP contribution in [0.2, 0.25) is 0 Å². The van der Waals surface area contributed by atoms with Crippen LogP contribution in [0.4, 0.5) is 18.9 Å². The van der Waals surface area contributed by atoms with Gasteiger partial charge in [0, 0.05) is 18.3 Å². The maximum absolute atomic E-state index is 12.9. The molecule has 1 saturated heterocycles. The average molecular weight is 303 g/mol. The summed E-state index contributed by atoms with van der Waals surface area (Å²) >= 11 is 0. The number of aromatic hydroxyl groups is 1. The van der Waals surface area contributed by atoms with Crippen molar-refractivity contribution in [3.8, 4) is 5.75 Å². The smallest absolute Gasteiger partial charge is 0.393 e. The number of phenolic OH excluding ortho intramolecular Hbond substituents is 1. The van der Waals surface area contributed by atoms with Gasteiger partial charge in [0.2, 0.25) is 0 Å². The predicted molar refractivity (Wildman–Crippen MR) is 70.0 cm³/mol. The number of carbonyl (C=O) groups is 1. The van der Waals surface area contributed by atoms with Crippen molar-refractivity contribution in [1.29, 1.82) is 0 Å². The largest absolute Gasteiger partial charge is 0.508 e. The molecule has 0 spiro atoms. The Balaban J connectivity index is 2.22. The zero-order valence-electron chi connectivity index (χ0n) is 11.4.